The van der Waals surface area contributed by atoms with E-state index in [9.17, 15) is 4.39 Å². The molecule has 1 fully saturated rings. The van der Waals surface area contributed by atoms with Crippen LogP contribution < -0.4 is 9.47 Å². The molecule has 0 aromatic heterocycles. The summed E-state index contributed by atoms with van der Waals surface area (Å²) in [6, 6.07) is 12.8. The molecule has 1 saturated heterocycles. The van der Waals surface area contributed by atoms with Crippen LogP contribution in [0.15, 0.2) is 47.6 Å². The summed E-state index contributed by atoms with van der Waals surface area (Å²) in [7, 11) is 3.82. The third kappa shape index (κ3) is 2.66. The molecule has 146 valence electrons. The number of benzene rings is 2. The Morgan fingerprint density at radius 1 is 1.14 bits per heavy atom. The lowest BCUT2D eigenvalue weighted by Gasteiger charge is -2.50. The van der Waals surface area contributed by atoms with Crippen molar-refractivity contribution < 1.29 is 13.9 Å². The molecule has 2 aromatic carbocycles. The number of hydrogen-bond acceptors (Lipinski definition) is 5. The van der Waals surface area contributed by atoms with E-state index in [-0.39, 0.29) is 11.9 Å². The highest BCUT2D eigenvalue weighted by atomic mass is 19.1. The van der Waals surface area contributed by atoms with E-state index in [0.717, 1.165) is 60.7 Å². The predicted octanol–water partition coefficient (Wildman–Crippen LogP) is 3.80. The molecule has 6 heteroatoms. The van der Waals surface area contributed by atoms with E-state index in [4.69, 9.17) is 14.6 Å². The van der Waals surface area contributed by atoms with Crippen molar-refractivity contribution in [3.05, 3.63) is 59.4 Å². The lowest BCUT2D eigenvalue weighted by Crippen LogP contribution is -2.58. The van der Waals surface area contributed by atoms with Gasteiger partial charge in [-0.1, -0.05) is 24.3 Å². The summed E-state index contributed by atoms with van der Waals surface area (Å²) < 4.78 is 25.6. The molecule has 3 heterocycles. The average molecular weight is 381 g/mol. The van der Waals surface area contributed by atoms with Crippen LogP contribution in [0.4, 0.5) is 4.39 Å². The zero-order valence-electron chi connectivity index (χ0n) is 16.2. The number of piperidine rings is 1. The number of ether oxygens (including phenoxy) is 2. The van der Waals surface area contributed by atoms with Crippen molar-refractivity contribution in [2.45, 2.75) is 31.0 Å². The fraction of sp³-hybridized carbons (Fsp3) is 0.409. The monoisotopic (exact) mass is 381 g/mol. The van der Waals surface area contributed by atoms with Crippen LogP contribution in [0.5, 0.6) is 11.5 Å². The first-order valence-corrected chi connectivity index (χ1v) is 9.77. The van der Waals surface area contributed by atoms with Gasteiger partial charge in [0, 0.05) is 37.9 Å². The third-order valence-electron chi connectivity index (χ3n) is 6.15. The van der Waals surface area contributed by atoms with Gasteiger partial charge in [-0.3, -0.25) is 0 Å². The summed E-state index contributed by atoms with van der Waals surface area (Å²) >= 11 is 0. The predicted molar refractivity (Wildman–Crippen MR) is 105 cm³/mol. The molecule has 0 aliphatic carbocycles. The number of nitrogens with zero attached hydrogens (tertiary/aromatic N) is 3. The fourth-order valence-electron chi connectivity index (χ4n) is 4.55. The van der Waals surface area contributed by atoms with Gasteiger partial charge in [0.2, 0.25) is 5.72 Å². The van der Waals surface area contributed by atoms with Crippen molar-refractivity contribution in [2.24, 2.45) is 5.10 Å². The second-order valence-electron chi connectivity index (χ2n) is 7.85. The quantitative estimate of drug-likeness (QED) is 0.793. The summed E-state index contributed by atoms with van der Waals surface area (Å²) in [4.78, 5) is 2.32. The normalized spacial score (nSPS) is 23.0. The van der Waals surface area contributed by atoms with E-state index >= 15 is 0 Å². The number of likely N-dealkylation sites (tertiary alicyclic amines) is 1. The molecule has 0 amide bonds. The molecule has 1 spiro atoms. The van der Waals surface area contributed by atoms with E-state index in [0.29, 0.717) is 0 Å². The number of rotatable bonds is 2. The minimum Gasteiger partial charge on any atom is -0.493 e. The van der Waals surface area contributed by atoms with Crippen molar-refractivity contribution in [2.75, 3.05) is 27.2 Å². The van der Waals surface area contributed by atoms with Gasteiger partial charge >= 0.3 is 0 Å². The lowest BCUT2D eigenvalue weighted by molar-refractivity contribution is -0.148. The smallest absolute Gasteiger partial charge is 0.200 e. The summed E-state index contributed by atoms with van der Waals surface area (Å²) in [5.41, 5.74) is 2.57. The molecule has 3 aliphatic rings. The van der Waals surface area contributed by atoms with E-state index in [1.165, 1.54) is 12.1 Å². The van der Waals surface area contributed by atoms with Crippen LogP contribution in [-0.2, 0) is 0 Å². The van der Waals surface area contributed by atoms with Crippen LogP contribution in [0.3, 0.4) is 0 Å². The Bertz CT molecular complexity index is 920. The summed E-state index contributed by atoms with van der Waals surface area (Å²) in [5.74, 6) is 1.38. The van der Waals surface area contributed by atoms with Crippen molar-refractivity contribution >= 4 is 5.71 Å². The lowest BCUT2D eigenvalue weighted by atomic mass is 9.90. The molecule has 28 heavy (non-hydrogen) atoms. The Kier molecular flexibility index (Phi) is 4.05. The summed E-state index contributed by atoms with van der Waals surface area (Å²) in [5, 5.41) is 7.18. The standard InChI is InChI=1S/C22H24FN3O2/c1-25-12-10-22(11-13-25)26-19(17-4-3-5-20(27-2)21(17)28-22)14-18(24-26)15-6-8-16(23)9-7-15/h3-9,19H,10-14H2,1-2H3. The average Bonchev–Trinajstić information content (AvgIpc) is 3.17. The summed E-state index contributed by atoms with van der Waals surface area (Å²) in [6.45, 7) is 1.91. The maximum absolute atomic E-state index is 13.4. The minimum absolute atomic E-state index is 0.0994. The van der Waals surface area contributed by atoms with Gasteiger partial charge in [0.15, 0.2) is 11.5 Å². The van der Waals surface area contributed by atoms with Crippen molar-refractivity contribution in [1.29, 1.82) is 0 Å². The first kappa shape index (κ1) is 17.5. The Hall–Kier alpha value is -2.60. The largest absolute Gasteiger partial charge is 0.493 e. The molecule has 0 saturated carbocycles. The SMILES string of the molecule is COc1cccc2c1OC1(CCN(C)CC1)N1N=C(c3ccc(F)cc3)CC21. The van der Waals surface area contributed by atoms with Crippen LogP contribution >= 0.6 is 0 Å². The Labute approximate surface area is 164 Å². The molecule has 0 radical (unpaired) electrons. The highest BCUT2D eigenvalue weighted by Gasteiger charge is 2.52. The molecule has 5 rings (SSSR count). The van der Waals surface area contributed by atoms with Crippen LogP contribution in [0, 0.1) is 5.82 Å². The maximum atomic E-state index is 13.4. The number of fused-ring (bicyclic) bond motifs is 4. The Morgan fingerprint density at radius 2 is 1.89 bits per heavy atom. The van der Waals surface area contributed by atoms with Crippen molar-refractivity contribution in [3.8, 4) is 11.5 Å². The van der Waals surface area contributed by atoms with Gasteiger partial charge < -0.3 is 14.4 Å². The molecular formula is C22H24FN3O2. The highest BCUT2D eigenvalue weighted by molar-refractivity contribution is 6.02. The molecule has 1 unspecified atom stereocenters. The zero-order valence-corrected chi connectivity index (χ0v) is 16.2. The summed E-state index contributed by atoms with van der Waals surface area (Å²) in [6.07, 6.45) is 2.52. The van der Waals surface area contributed by atoms with Gasteiger partial charge in [-0.2, -0.15) is 5.10 Å². The number of methoxy groups -OCH3 is 1. The minimum atomic E-state index is -0.472. The number of hydrazone groups is 1. The highest BCUT2D eigenvalue weighted by Crippen LogP contribution is 2.52. The van der Waals surface area contributed by atoms with Crippen molar-refractivity contribution in [1.82, 2.24) is 9.91 Å². The Morgan fingerprint density at radius 3 is 2.61 bits per heavy atom. The van der Waals surface area contributed by atoms with Gasteiger partial charge in [0.1, 0.15) is 5.82 Å². The Balaban J connectivity index is 1.60. The first-order valence-electron chi connectivity index (χ1n) is 9.77. The topological polar surface area (TPSA) is 37.3 Å². The molecule has 5 nitrogen and oxygen atoms in total. The molecule has 0 bridgehead atoms. The van der Waals surface area contributed by atoms with Crippen molar-refractivity contribution in [3.63, 3.8) is 0 Å². The molecule has 0 N–H and O–H groups in total. The number of para-hydroxylation sites is 1. The molecular weight excluding hydrogens is 357 g/mol. The van der Waals surface area contributed by atoms with E-state index in [1.807, 2.05) is 12.1 Å². The van der Waals surface area contributed by atoms with Gasteiger partial charge in [-0.15, -0.1) is 0 Å². The van der Waals surface area contributed by atoms with E-state index in [1.54, 1.807) is 19.2 Å². The number of halogens is 1. The van der Waals surface area contributed by atoms with Crippen LogP contribution in [-0.4, -0.2) is 48.6 Å². The number of hydrogen-bond donors (Lipinski definition) is 0. The van der Waals surface area contributed by atoms with Crippen LogP contribution in [0.1, 0.15) is 36.4 Å². The molecule has 2 aromatic rings. The van der Waals surface area contributed by atoms with E-state index < -0.39 is 5.72 Å². The maximum Gasteiger partial charge on any atom is 0.200 e. The third-order valence-corrected chi connectivity index (χ3v) is 6.15. The van der Waals surface area contributed by atoms with Crippen LogP contribution in [0.25, 0.3) is 0 Å². The van der Waals surface area contributed by atoms with E-state index in [2.05, 4.69) is 23.0 Å². The van der Waals surface area contributed by atoms with Gasteiger partial charge in [0.25, 0.3) is 0 Å². The van der Waals surface area contributed by atoms with Gasteiger partial charge in [0.05, 0.1) is 18.9 Å². The second-order valence-corrected chi connectivity index (χ2v) is 7.85. The molecule has 3 aliphatic heterocycles. The van der Waals surface area contributed by atoms with Gasteiger partial charge in [-0.25, -0.2) is 9.40 Å². The first-order chi connectivity index (χ1) is 13.6. The van der Waals surface area contributed by atoms with Crippen LogP contribution in [0.2, 0.25) is 0 Å². The second kappa shape index (κ2) is 6.48. The molecule has 1 atom stereocenters. The van der Waals surface area contributed by atoms with Gasteiger partial charge in [-0.05, 0) is 30.8 Å². The zero-order chi connectivity index (χ0) is 19.3. The fourth-order valence-corrected chi connectivity index (χ4v) is 4.55.